The summed E-state index contributed by atoms with van der Waals surface area (Å²) in [7, 11) is -4.65. The Hall–Kier alpha value is -2.92. The molecule has 1 amide bonds. The van der Waals surface area contributed by atoms with Crippen molar-refractivity contribution in [1.29, 1.82) is 0 Å². The number of anilines is 1. The standard InChI is InChI=1S/C18H17F3N2O5S/c1-2-11-3-5-12(6-4-11)23-15(24)10-28-16(25)9-22-29(26,27)14-8-7-13(19)17(20)18(14)21/h3-8,22H,2,9-10H2,1H3,(H,23,24). The van der Waals surface area contributed by atoms with Crippen LogP contribution in [0.2, 0.25) is 0 Å². The third kappa shape index (κ3) is 6.03. The molecule has 0 radical (unpaired) electrons. The second kappa shape index (κ2) is 9.52. The minimum Gasteiger partial charge on any atom is -0.455 e. The molecule has 0 spiro atoms. The van der Waals surface area contributed by atoms with Crippen LogP contribution in [0.15, 0.2) is 41.3 Å². The maximum atomic E-state index is 13.6. The largest absolute Gasteiger partial charge is 0.455 e. The minimum absolute atomic E-state index is 0.433. The van der Waals surface area contributed by atoms with Crippen LogP contribution in [-0.2, 0) is 30.8 Å². The second-order valence-electron chi connectivity index (χ2n) is 5.76. The van der Waals surface area contributed by atoms with Crippen LogP contribution < -0.4 is 10.0 Å². The Bertz CT molecular complexity index is 1010. The van der Waals surface area contributed by atoms with E-state index >= 15 is 0 Å². The van der Waals surface area contributed by atoms with Crippen LogP contribution in [0.3, 0.4) is 0 Å². The number of sulfonamides is 1. The van der Waals surface area contributed by atoms with E-state index in [-0.39, 0.29) is 0 Å². The van der Waals surface area contributed by atoms with Gasteiger partial charge in [0.25, 0.3) is 5.91 Å². The molecule has 156 valence electrons. The number of nitrogens with one attached hydrogen (secondary N) is 2. The summed E-state index contributed by atoms with van der Waals surface area (Å²) in [5.74, 6) is -7.22. The smallest absolute Gasteiger partial charge is 0.321 e. The molecule has 0 saturated carbocycles. The summed E-state index contributed by atoms with van der Waals surface area (Å²) in [6.07, 6.45) is 0.830. The first-order chi connectivity index (χ1) is 13.6. The minimum atomic E-state index is -4.65. The topological polar surface area (TPSA) is 102 Å². The fraction of sp³-hybridized carbons (Fsp3) is 0.222. The molecule has 29 heavy (non-hydrogen) atoms. The molecule has 2 rings (SSSR count). The first-order valence-corrected chi connectivity index (χ1v) is 9.80. The maximum absolute atomic E-state index is 13.6. The van der Waals surface area contributed by atoms with E-state index in [1.54, 1.807) is 16.9 Å². The van der Waals surface area contributed by atoms with E-state index in [0.29, 0.717) is 17.8 Å². The summed E-state index contributed by atoms with van der Waals surface area (Å²) >= 11 is 0. The Balaban J connectivity index is 1.86. The Kier molecular flexibility index (Phi) is 7.35. The molecule has 0 aliphatic rings. The van der Waals surface area contributed by atoms with E-state index in [0.717, 1.165) is 12.0 Å². The average Bonchev–Trinajstić information content (AvgIpc) is 2.69. The van der Waals surface area contributed by atoms with E-state index in [4.69, 9.17) is 0 Å². The monoisotopic (exact) mass is 430 g/mol. The van der Waals surface area contributed by atoms with Gasteiger partial charge < -0.3 is 10.1 Å². The first-order valence-electron chi connectivity index (χ1n) is 8.31. The summed E-state index contributed by atoms with van der Waals surface area (Å²) in [5, 5.41) is 2.48. The predicted octanol–water partition coefficient (Wildman–Crippen LogP) is 2.13. The number of carbonyl (C=O) groups is 2. The zero-order valence-electron chi connectivity index (χ0n) is 15.2. The lowest BCUT2D eigenvalue weighted by molar-refractivity contribution is -0.146. The van der Waals surface area contributed by atoms with Crippen LogP contribution in [0, 0.1) is 17.5 Å². The fourth-order valence-corrected chi connectivity index (χ4v) is 3.20. The molecule has 0 aromatic heterocycles. The summed E-state index contributed by atoms with van der Waals surface area (Å²) < 4.78 is 69.8. The van der Waals surface area contributed by atoms with E-state index in [1.165, 1.54) is 0 Å². The number of rotatable bonds is 8. The van der Waals surface area contributed by atoms with Crippen molar-refractivity contribution in [2.75, 3.05) is 18.5 Å². The van der Waals surface area contributed by atoms with Crippen molar-refractivity contribution in [3.05, 3.63) is 59.4 Å². The maximum Gasteiger partial charge on any atom is 0.321 e. The highest BCUT2D eigenvalue weighted by atomic mass is 32.2. The number of ether oxygens (including phenoxy) is 1. The molecule has 2 aromatic rings. The van der Waals surface area contributed by atoms with Crippen molar-refractivity contribution in [2.24, 2.45) is 0 Å². The lowest BCUT2D eigenvalue weighted by Gasteiger charge is -2.09. The highest BCUT2D eigenvalue weighted by Crippen LogP contribution is 2.19. The van der Waals surface area contributed by atoms with E-state index in [1.807, 2.05) is 19.1 Å². The van der Waals surface area contributed by atoms with Crippen molar-refractivity contribution in [3.8, 4) is 0 Å². The molecule has 0 aliphatic heterocycles. The first kappa shape index (κ1) is 22.4. The van der Waals surface area contributed by atoms with Gasteiger partial charge in [-0.3, -0.25) is 9.59 Å². The van der Waals surface area contributed by atoms with Crippen LogP contribution >= 0.6 is 0 Å². The second-order valence-corrected chi connectivity index (χ2v) is 7.49. The van der Waals surface area contributed by atoms with Crippen molar-refractivity contribution in [3.63, 3.8) is 0 Å². The van der Waals surface area contributed by atoms with Gasteiger partial charge in [-0.05, 0) is 36.2 Å². The summed E-state index contributed by atoms with van der Waals surface area (Å²) in [6.45, 7) is 0.344. The number of hydrogen-bond acceptors (Lipinski definition) is 5. The van der Waals surface area contributed by atoms with Gasteiger partial charge in [0, 0.05) is 5.69 Å². The lowest BCUT2D eigenvalue weighted by atomic mass is 10.1. The molecule has 0 heterocycles. The molecule has 0 saturated heterocycles. The van der Waals surface area contributed by atoms with Gasteiger partial charge >= 0.3 is 5.97 Å². The van der Waals surface area contributed by atoms with Gasteiger partial charge in [0.2, 0.25) is 10.0 Å². The van der Waals surface area contributed by atoms with Crippen molar-refractivity contribution in [1.82, 2.24) is 4.72 Å². The number of carbonyl (C=O) groups excluding carboxylic acids is 2. The molecule has 2 N–H and O–H groups in total. The van der Waals surface area contributed by atoms with Gasteiger partial charge in [-0.15, -0.1) is 0 Å². The molecule has 0 unspecified atom stereocenters. The SMILES string of the molecule is CCc1ccc(NC(=O)COC(=O)CNS(=O)(=O)c2ccc(F)c(F)c2F)cc1. The molecule has 0 aliphatic carbocycles. The number of halogens is 3. The third-order valence-corrected chi connectivity index (χ3v) is 5.12. The molecule has 0 fully saturated rings. The molecular weight excluding hydrogens is 413 g/mol. The fourth-order valence-electron chi connectivity index (χ4n) is 2.17. The van der Waals surface area contributed by atoms with E-state index in [2.05, 4.69) is 10.1 Å². The molecule has 2 aromatic carbocycles. The van der Waals surface area contributed by atoms with Gasteiger partial charge in [-0.25, -0.2) is 21.6 Å². The van der Waals surface area contributed by atoms with Gasteiger partial charge in [0.15, 0.2) is 24.1 Å². The van der Waals surface area contributed by atoms with E-state index < -0.39 is 57.4 Å². The molecule has 0 bridgehead atoms. The highest BCUT2D eigenvalue weighted by molar-refractivity contribution is 7.89. The van der Waals surface area contributed by atoms with Crippen molar-refractivity contribution in [2.45, 2.75) is 18.2 Å². The number of esters is 1. The van der Waals surface area contributed by atoms with Gasteiger partial charge in [0.1, 0.15) is 11.4 Å². The Labute approximate surface area is 164 Å². The molecular formula is C18H17F3N2O5S. The number of hydrogen-bond donors (Lipinski definition) is 2. The zero-order valence-corrected chi connectivity index (χ0v) is 16.0. The van der Waals surface area contributed by atoms with Crippen LogP contribution in [0.5, 0.6) is 0 Å². The van der Waals surface area contributed by atoms with Crippen LogP contribution in [-0.4, -0.2) is 33.4 Å². The van der Waals surface area contributed by atoms with Crippen molar-refractivity contribution < 1.29 is 35.9 Å². The van der Waals surface area contributed by atoms with Crippen LogP contribution in [0.1, 0.15) is 12.5 Å². The lowest BCUT2D eigenvalue weighted by Crippen LogP contribution is -2.33. The number of aryl methyl sites for hydroxylation is 1. The molecule has 0 atom stereocenters. The summed E-state index contributed by atoms with van der Waals surface area (Å²) in [4.78, 5) is 22.2. The van der Waals surface area contributed by atoms with Gasteiger partial charge in [0.05, 0.1) is 0 Å². The quantitative estimate of drug-likeness (QED) is 0.494. The predicted molar refractivity (Wildman–Crippen MR) is 96.9 cm³/mol. The zero-order chi connectivity index (χ0) is 21.6. The van der Waals surface area contributed by atoms with Gasteiger partial charge in [-0.2, -0.15) is 4.72 Å². The molecule has 11 heteroatoms. The van der Waals surface area contributed by atoms with Crippen molar-refractivity contribution >= 4 is 27.6 Å². The van der Waals surface area contributed by atoms with Crippen LogP contribution in [0.25, 0.3) is 0 Å². The van der Waals surface area contributed by atoms with Gasteiger partial charge in [-0.1, -0.05) is 19.1 Å². The Morgan fingerprint density at radius 1 is 1.00 bits per heavy atom. The third-order valence-electron chi connectivity index (χ3n) is 3.71. The Morgan fingerprint density at radius 2 is 1.66 bits per heavy atom. The van der Waals surface area contributed by atoms with E-state index in [9.17, 15) is 31.2 Å². The highest BCUT2D eigenvalue weighted by Gasteiger charge is 2.24. The average molecular weight is 430 g/mol. The summed E-state index contributed by atoms with van der Waals surface area (Å²) in [6, 6.07) is 7.91. The summed E-state index contributed by atoms with van der Waals surface area (Å²) in [5.41, 5.74) is 1.55. The number of benzene rings is 2. The van der Waals surface area contributed by atoms with Crippen LogP contribution in [0.4, 0.5) is 18.9 Å². The normalized spacial score (nSPS) is 11.2. The Morgan fingerprint density at radius 3 is 2.28 bits per heavy atom. The number of amides is 1. The molecule has 7 nitrogen and oxygen atoms in total.